The van der Waals surface area contributed by atoms with Crippen LogP contribution in [0.5, 0.6) is 17.2 Å². The van der Waals surface area contributed by atoms with Crippen LogP contribution >= 0.6 is 0 Å². The van der Waals surface area contributed by atoms with Crippen molar-refractivity contribution in [3.63, 3.8) is 0 Å². The highest BCUT2D eigenvalue weighted by molar-refractivity contribution is 6.46. The number of Topliss-reactive ketones (excluding diaryl/α,β-unsaturated/α-hetero) is 1. The number of aliphatic hydroxyl groups is 1. The normalized spacial score (nSPS) is 17.1. The maximum absolute atomic E-state index is 13.2. The number of ketones is 1. The molecular weight excluding hydrogens is 474 g/mol. The summed E-state index contributed by atoms with van der Waals surface area (Å²) in [6.07, 6.45) is -0.0649. The molecule has 1 saturated heterocycles. The molecule has 0 spiro atoms. The third-order valence-electron chi connectivity index (χ3n) is 5.73. The molecule has 1 amide bonds. The van der Waals surface area contributed by atoms with E-state index in [1.54, 1.807) is 42.5 Å². The van der Waals surface area contributed by atoms with Crippen molar-refractivity contribution in [3.8, 4) is 17.2 Å². The summed E-state index contributed by atoms with van der Waals surface area (Å²) >= 11 is 0. The Hall–Kier alpha value is -3.52. The van der Waals surface area contributed by atoms with Crippen molar-refractivity contribution in [3.05, 3.63) is 59.2 Å². The number of carbonyl (C=O) groups excluding carboxylic acids is 2. The van der Waals surface area contributed by atoms with Crippen molar-refractivity contribution in [2.45, 2.75) is 46.8 Å². The summed E-state index contributed by atoms with van der Waals surface area (Å²) in [5.74, 6) is 0.392. The van der Waals surface area contributed by atoms with Gasteiger partial charge in [-0.05, 0) is 68.7 Å². The van der Waals surface area contributed by atoms with Gasteiger partial charge in [0.25, 0.3) is 11.7 Å². The molecule has 8 nitrogen and oxygen atoms in total. The first-order valence-electron chi connectivity index (χ1n) is 12.6. The van der Waals surface area contributed by atoms with Crippen molar-refractivity contribution >= 4 is 17.4 Å². The predicted molar refractivity (Wildman–Crippen MR) is 141 cm³/mol. The summed E-state index contributed by atoms with van der Waals surface area (Å²) in [5, 5.41) is 11.3. The predicted octanol–water partition coefficient (Wildman–Crippen LogP) is 4.98. The van der Waals surface area contributed by atoms with E-state index in [1.165, 1.54) is 12.0 Å². The Balaban J connectivity index is 2.09. The maximum Gasteiger partial charge on any atom is 0.295 e. The highest BCUT2D eigenvalue weighted by atomic mass is 16.5. The molecule has 2 aromatic rings. The third-order valence-corrected chi connectivity index (χ3v) is 5.73. The molecule has 1 fully saturated rings. The molecule has 3 rings (SSSR count). The highest BCUT2D eigenvalue weighted by Gasteiger charge is 2.46. The van der Waals surface area contributed by atoms with E-state index in [9.17, 15) is 14.7 Å². The van der Waals surface area contributed by atoms with Crippen LogP contribution in [0.4, 0.5) is 0 Å². The van der Waals surface area contributed by atoms with Crippen molar-refractivity contribution in [1.29, 1.82) is 0 Å². The van der Waals surface area contributed by atoms with Gasteiger partial charge in [-0.2, -0.15) is 0 Å². The minimum absolute atomic E-state index is 0.0110. The number of carbonyl (C=O) groups is 2. The largest absolute Gasteiger partial charge is 0.507 e. The quantitative estimate of drug-likeness (QED) is 0.244. The first-order chi connectivity index (χ1) is 17.7. The van der Waals surface area contributed by atoms with Gasteiger partial charge in [0, 0.05) is 19.2 Å². The Morgan fingerprint density at radius 2 is 1.70 bits per heavy atom. The van der Waals surface area contributed by atoms with Gasteiger partial charge in [0.15, 0.2) is 11.5 Å². The lowest BCUT2D eigenvalue weighted by Gasteiger charge is -2.26. The number of likely N-dealkylation sites (tertiary alicyclic amines) is 1. The standard InChI is InChI=1S/C29H37NO7/c1-7-35-24-16-21(10-13-23(24)37-19(4)5)26-25(28(32)29(33)30(26)14-15-34-6)27(31)20-8-11-22(12-9-20)36-17-18(2)3/h8-13,16,18-19,26,31H,7,14-15,17H2,1-6H3/b27-25-. The fourth-order valence-electron chi connectivity index (χ4n) is 4.09. The van der Waals surface area contributed by atoms with E-state index < -0.39 is 17.7 Å². The average Bonchev–Trinajstić information content (AvgIpc) is 3.11. The summed E-state index contributed by atoms with van der Waals surface area (Å²) in [5.41, 5.74) is 1.04. The lowest BCUT2D eigenvalue weighted by atomic mass is 9.95. The maximum atomic E-state index is 13.2. The van der Waals surface area contributed by atoms with Gasteiger partial charge in [0.2, 0.25) is 0 Å². The monoisotopic (exact) mass is 511 g/mol. The van der Waals surface area contributed by atoms with E-state index in [4.69, 9.17) is 18.9 Å². The number of ether oxygens (including phenoxy) is 4. The summed E-state index contributed by atoms with van der Waals surface area (Å²) in [6.45, 7) is 11.2. The van der Waals surface area contributed by atoms with Crippen LogP contribution in [-0.4, -0.2) is 61.3 Å². The smallest absolute Gasteiger partial charge is 0.295 e. The van der Waals surface area contributed by atoms with Gasteiger partial charge in [0.05, 0.1) is 37.5 Å². The third kappa shape index (κ3) is 6.63. The first-order valence-corrected chi connectivity index (χ1v) is 12.6. The minimum Gasteiger partial charge on any atom is -0.507 e. The van der Waals surface area contributed by atoms with Crippen LogP contribution in [0.3, 0.4) is 0 Å². The second-order valence-corrected chi connectivity index (χ2v) is 9.52. The van der Waals surface area contributed by atoms with Crippen LogP contribution in [0.15, 0.2) is 48.0 Å². The van der Waals surface area contributed by atoms with Gasteiger partial charge >= 0.3 is 0 Å². The number of hydrogen-bond acceptors (Lipinski definition) is 7. The Morgan fingerprint density at radius 3 is 2.30 bits per heavy atom. The van der Waals surface area contributed by atoms with Crippen LogP contribution in [0.2, 0.25) is 0 Å². The summed E-state index contributed by atoms with van der Waals surface area (Å²) < 4.78 is 22.6. The molecule has 1 N–H and O–H groups in total. The van der Waals surface area contributed by atoms with Crippen molar-refractivity contribution in [2.75, 3.05) is 33.5 Å². The second kappa shape index (κ2) is 12.6. The molecule has 2 aromatic carbocycles. The zero-order valence-corrected chi connectivity index (χ0v) is 22.4. The molecule has 1 unspecified atom stereocenters. The summed E-state index contributed by atoms with van der Waals surface area (Å²) in [4.78, 5) is 27.7. The average molecular weight is 512 g/mol. The Morgan fingerprint density at radius 1 is 1.00 bits per heavy atom. The molecule has 0 aromatic heterocycles. The van der Waals surface area contributed by atoms with Crippen LogP contribution in [0, 0.1) is 5.92 Å². The number of methoxy groups -OCH3 is 1. The molecule has 8 heteroatoms. The Kier molecular flexibility index (Phi) is 9.58. The van der Waals surface area contributed by atoms with E-state index in [-0.39, 0.29) is 30.6 Å². The Labute approximate surface area is 218 Å². The second-order valence-electron chi connectivity index (χ2n) is 9.52. The molecule has 37 heavy (non-hydrogen) atoms. The number of nitrogens with zero attached hydrogens (tertiary/aromatic N) is 1. The molecule has 1 heterocycles. The van der Waals surface area contributed by atoms with Crippen LogP contribution in [0.25, 0.3) is 5.76 Å². The van der Waals surface area contributed by atoms with Gasteiger partial charge in [0.1, 0.15) is 11.5 Å². The molecule has 0 bridgehead atoms. The number of amides is 1. The topological polar surface area (TPSA) is 94.5 Å². The van der Waals surface area contributed by atoms with Crippen LogP contribution in [0.1, 0.15) is 51.8 Å². The first kappa shape index (κ1) is 28.1. The van der Waals surface area contributed by atoms with Gasteiger partial charge in [-0.25, -0.2) is 0 Å². The van der Waals surface area contributed by atoms with Crippen LogP contribution in [-0.2, 0) is 14.3 Å². The number of aliphatic hydroxyl groups excluding tert-OH is 1. The molecule has 1 atom stereocenters. The van der Waals surface area contributed by atoms with Gasteiger partial charge in [-0.3, -0.25) is 9.59 Å². The SMILES string of the molecule is CCOc1cc(C2/C(=C(/O)c3ccc(OCC(C)C)cc3)C(=O)C(=O)N2CCOC)ccc1OC(C)C. The Bertz CT molecular complexity index is 1120. The highest BCUT2D eigenvalue weighted by Crippen LogP contribution is 2.42. The minimum atomic E-state index is -0.820. The lowest BCUT2D eigenvalue weighted by Crippen LogP contribution is -2.32. The molecule has 0 aliphatic carbocycles. The lowest BCUT2D eigenvalue weighted by molar-refractivity contribution is -0.140. The fourth-order valence-corrected chi connectivity index (χ4v) is 4.09. The van der Waals surface area contributed by atoms with Crippen LogP contribution < -0.4 is 14.2 Å². The summed E-state index contributed by atoms with van der Waals surface area (Å²) in [7, 11) is 1.53. The number of benzene rings is 2. The van der Waals surface area contributed by atoms with Gasteiger partial charge < -0.3 is 29.0 Å². The van der Waals surface area contributed by atoms with Gasteiger partial charge in [-0.15, -0.1) is 0 Å². The molecule has 0 radical (unpaired) electrons. The van der Waals surface area contributed by atoms with E-state index in [2.05, 4.69) is 13.8 Å². The van der Waals surface area contributed by atoms with E-state index in [0.717, 1.165) is 0 Å². The van der Waals surface area contributed by atoms with Crippen molar-refractivity contribution in [1.82, 2.24) is 4.90 Å². The van der Waals surface area contributed by atoms with Crippen molar-refractivity contribution in [2.24, 2.45) is 5.92 Å². The van der Waals surface area contributed by atoms with Gasteiger partial charge in [-0.1, -0.05) is 19.9 Å². The fraction of sp³-hybridized carbons (Fsp3) is 0.448. The number of hydrogen-bond donors (Lipinski definition) is 1. The van der Waals surface area contributed by atoms with E-state index in [0.29, 0.717) is 47.5 Å². The molecule has 0 saturated carbocycles. The zero-order chi connectivity index (χ0) is 27.1. The molecule has 1 aliphatic rings. The number of rotatable bonds is 12. The van der Waals surface area contributed by atoms with Crippen molar-refractivity contribution < 1.29 is 33.6 Å². The van der Waals surface area contributed by atoms with E-state index in [1.807, 2.05) is 20.8 Å². The summed E-state index contributed by atoms with van der Waals surface area (Å²) in [6, 6.07) is 11.3. The molecular formula is C29H37NO7. The zero-order valence-electron chi connectivity index (χ0n) is 22.4. The molecule has 1 aliphatic heterocycles. The van der Waals surface area contributed by atoms with E-state index >= 15 is 0 Å². The molecule has 200 valence electrons.